The number of amidine groups is 1. The molecule has 3 aliphatic rings. The molecule has 1 aromatic rings. The van der Waals surface area contributed by atoms with E-state index in [9.17, 15) is 4.21 Å². The third-order valence-electron chi connectivity index (χ3n) is 6.46. The van der Waals surface area contributed by atoms with Crippen LogP contribution >= 0.6 is 0 Å². The van der Waals surface area contributed by atoms with Gasteiger partial charge in [-0.3, -0.25) is 4.21 Å². The van der Waals surface area contributed by atoms with Crippen LogP contribution in [0.5, 0.6) is 0 Å². The van der Waals surface area contributed by atoms with Crippen molar-refractivity contribution in [1.82, 2.24) is 20.4 Å². The molecule has 9 heteroatoms. The molecule has 8 nitrogen and oxygen atoms in total. The Bertz CT molecular complexity index is 890. The van der Waals surface area contributed by atoms with Crippen molar-refractivity contribution >= 4 is 16.6 Å². The lowest BCUT2D eigenvalue weighted by atomic mass is 9.96. The summed E-state index contributed by atoms with van der Waals surface area (Å²) in [5, 5.41) is 7.69. The largest absolute Gasteiger partial charge is 0.381 e. The van der Waals surface area contributed by atoms with E-state index in [4.69, 9.17) is 14.3 Å². The van der Waals surface area contributed by atoms with E-state index in [2.05, 4.69) is 40.8 Å². The van der Waals surface area contributed by atoms with Crippen LogP contribution in [0.15, 0.2) is 32.4 Å². The van der Waals surface area contributed by atoms with Gasteiger partial charge in [-0.05, 0) is 44.6 Å². The van der Waals surface area contributed by atoms with Crippen molar-refractivity contribution in [2.45, 2.75) is 70.8 Å². The van der Waals surface area contributed by atoms with Crippen molar-refractivity contribution < 1.29 is 13.5 Å². The smallest absolute Gasteiger partial charge is 0.229 e. The summed E-state index contributed by atoms with van der Waals surface area (Å²) < 4.78 is 23.7. The second kappa shape index (κ2) is 10.3. The normalized spacial score (nSPS) is 25.6. The standard InChI is InChI=1S/C23H35N5O3S/c1-15(2)21-26-23(31-27-21)18-5-10-28(11-6-18)17(4)24-22(20-16(3)9-14-32(20)29)25-19-7-12-30-13-8-19/h15,18-19,25H,3,5-14H2,1-2,4H3/b22-20-,24-17?. The molecule has 0 saturated carbocycles. The van der Waals surface area contributed by atoms with E-state index < -0.39 is 10.8 Å². The molecule has 176 valence electrons. The molecule has 0 aliphatic carbocycles. The number of aromatic nitrogens is 2. The third kappa shape index (κ3) is 5.31. The number of ether oxygens (including phenoxy) is 1. The van der Waals surface area contributed by atoms with Crippen LogP contribution in [0.3, 0.4) is 0 Å². The van der Waals surface area contributed by atoms with E-state index in [0.29, 0.717) is 11.7 Å². The minimum absolute atomic E-state index is 0.271. The van der Waals surface area contributed by atoms with Crippen LogP contribution in [0.2, 0.25) is 0 Å². The van der Waals surface area contributed by atoms with Gasteiger partial charge in [0.05, 0.1) is 15.7 Å². The van der Waals surface area contributed by atoms with Crippen LogP contribution in [0.4, 0.5) is 0 Å². The number of hydrogen-bond acceptors (Lipinski definition) is 7. The lowest BCUT2D eigenvalue weighted by Crippen LogP contribution is -2.38. The predicted molar refractivity (Wildman–Crippen MR) is 126 cm³/mol. The predicted octanol–water partition coefficient (Wildman–Crippen LogP) is 3.44. The summed E-state index contributed by atoms with van der Waals surface area (Å²) in [6, 6.07) is 0.284. The van der Waals surface area contributed by atoms with Crippen LogP contribution in [-0.2, 0) is 15.5 Å². The molecule has 4 rings (SSSR count). The number of likely N-dealkylation sites (tertiary alicyclic amines) is 1. The number of aliphatic imine (C=N–C) groups is 1. The summed E-state index contributed by atoms with van der Waals surface area (Å²) in [6.07, 6.45) is 4.52. The van der Waals surface area contributed by atoms with Gasteiger partial charge in [0.2, 0.25) is 5.89 Å². The maximum Gasteiger partial charge on any atom is 0.229 e. The molecular weight excluding hydrogens is 426 g/mol. The first-order valence-electron chi connectivity index (χ1n) is 11.7. The highest BCUT2D eigenvalue weighted by molar-refractivity contribution is 7.89. The van der Waals surface area contributed by atoms with Crippen molar-refractivity contribution in [3.8, 4) is 0 Å². The summed E-state index contributed by atoms with van der Waals surface area (Å²) in [4.78, 5) is 12.6. The molecular formula is C23H35N5O3S. The van der Waals surface area contributed by atoms with Gasteiger partial charge in [0, 0.05) is 49.9 Å². The second-order valence-electron chi connectivity index (χ2n) is 9.18. The SMILES string of the molecule is C=C1CCS(=O)/C1=C(/N=C(C)N1CCC(c2nc(C(C)C)no2)CC1)NC1CCOCC1. The summed E-state index contributed by atoms with van der Waals surface area (Å²) >= 11 is 0. The van der Waals surface area contributed by atoms with Gasteiger partial charge in [-0.2, -0.15) is 4.98 Å². The molecule has 3 fully saturated rings. The number of nitrogens with zero attached hydrogens (tertiary/aromatic N) is 4. The summed E-state index contributed by atoms with van der Waals surface area (Å²) in [6.45, 7) is 13.6. The molecule has 3 saturated heterocycles. The van der Waals surface area contributed by atoms with Crippen LogP contribution in [0.1, 0.15) is 76.4 Å². The Morgan fingerprint density at radius 2 is 1.97 bits per heavy atom. The molecule has 1 unspecified atom stereocenters. The Hall–Kier alpha value is -2.00. The summed E-state index contributed by atoms with van der Waals surface area (Å²) in [5.41, 5.74) is 0.936. The topological polar surface area (TPSA) is 92.9 Å². The Morgan fingerprint density at radius 3 is 2.56 bits per heavy atom. The number of allylic oxidation sites excluding steroid dienone is 1. The fourth-order valence-electron chi connectivity index (χ4n) is 4.38. The first-order chi connectivity index (χ1) is 15.4. The van der Waals surface area contributed by atoms with Crippen molar-refractivity contribution in [2.24, 2.45) is 4.99 Å². The number of rotatable bonds is 5. The van der Waals surface area contributed by atoms with Gasteiger partial charge in [0.25, 0.3) is 0 Å². The molecule has 1 atom stereocenters. The van der Waals surface area contributed by atoms with Crippen LogP contribution < -0.4 is 5.32 Å². The van der Waals surface area contributed by atoms with Crippen molar-refractivity contribution in [3.63, 3.8) is 0 Å². The zero-order valence-corrected chi connectivity index (χ0v) is 20.2. The van der Waals surface area contributed by atoms with E-state index in [1.165, 1.54) is 0 Å². The van der Waals surface area contributed by atoms with Crippen molar-refractivity contribution in [1.29, 1.82) is 0 Å². The Morgan fingerprint density at radius 1 is 1.25 bits per heavy atom. The van der Waals surface area contributed by atoms with E-state index in [1.54, 1.807) is 0 Å². The quantitative estimate of drug-likeness (QED) is 0.530. The Balaban J connectivity index is 1.46. The highest BCUT2D eigenvalue weighted by Gasteiger charge is 2.29. The van der Waals surface area contributed by atoms with Crippen LogP contribution in [-0.4, -0.2) is 63.2 Å². The van der Waals surface area contributed by atoms with Crippen LogP contribution in [0.25, 0.3) is 0 Å². The first-order valence-corrected chi connectivity index (χ1v) is 13.0. The maximum atomic E-state index is 12.7. The van der Waals surface area contributed by atoms with Gasteiger partial charge in [-0.15, -0.1) is 0 Å². The number of hydrogen-bond donors (Lipinski definition) is 1. The lowest BCUT2D eigenvalue weighted by molar-refractivity contribution is 0.0803. The fourth-order valence-corrected chi connectivity index (χ4v) is 5.76. The average molecular weight is 462 g/mol. The highest BCUT2D eigenvalue weighted by Crippen LogP contribution is 2.30. The average Bonchev–Trinajstić information content (AvgIpc) is 3.41. The van der Waals surface area contributed by atoms with Gasteiger partial charge < -0.3 is 19.5 Å². The van der Waals surface area contributed by atoms with E-state index in [1.807, 2.05) is 6.92 Å². The van der Waals surface area contributed by atoms with E-state index in [-0.39, 0.29) is 12.0 Å². The zero-order chi connectivity index (χ0) is 22.7. The third-order valence-corrected chi connectivity index (χ3v) is 7.98. The van der Waals surface area contributed by atoms with Gasteiger partial charge in [0.1, 0.15) is 11.7 Å². The molecule has 32 heavy (non-hydrogen) atoms. The number of piperidine rings is 1. The zero-order valence-electron chi connectivity index (χ0n) is 19.4. The molecule has 1 aromatic heterocycles. The monoisotopic (exact) mass is 461 g/mol. The Labute approximate surface area is 193 Å². The van der Waals surface area contributed by atoms with Gasteiger partial charge in [-0.1, -0.05) is 25.6 Å². The van der Waals surface area contributed by atoms with E-state index >= 15 is 0 Å². The first kappa shape index (κ1) is 23.2. The summed E-state index contributed by atoms with van der Waals surface area (Å²) in [5.74, 6) is 4.40. The number of nitrogens with one attached hydrogen (secondary N) is 1. The summed E-state index contributed by atoms with van der Waals surface area (Å²) in [7, 11) is -1.05. The minimum atomic E-state index is -1.05. The van der Waals surface area contributed by atoms with Crippen LogP contribution in [0, 0.1) is 0 Å². The van der Waals surface area contributed by atoms with E-state index in [0.717, 1.165) is 92.3 Å². The molecule has 1 N–H and O–H groups in total. The lowest BCUT2D eigenvalue weighted by Gasteiger charge is -2.32. The molecule has 0 aromatic carbocycles. The van der Waals surface area contributed by atoms with Gasteiger partial charge >= 0.3 is 0 Å². The molecule has 4 heterocycles. The molecule has 3 aliphatic heterocycles. The molecule has 0 radical (unpaired) electrons. The molecule has 0 spiro atoms. The molecule has 0 amide bonds. The highest BCUT2D eigenvalue weighted by atomic mass is 32.2. The minimum Gasteiger partial charge on any atom is -0.381 e. The second-order valence-corrected chi connectivity index (χ2v) is 10.7. The van der Waals surface area contributed by atoms with Crippen molar-refractivity contribution in [2.75, 3.05) is 32.1 Å². The molecule has 0 bridgehead atoms. The Kier molecular flexibility index (Phi) is 7.45. The van der Waals surface area contributed by atoms with Gasteiger partial charge in [0.15, 0.2) is 5.82 Å². The van der Waals surface area contributed by atoms with Crippen molar-refractivity contribution in [3.05, 3.63) is 34.6 Å². The van der Waals surface area contributed by atoms with Gasteiger partial charge in [-0.25, -0.2) is 4.99 Å². The maximum absolute atomic E-state index is 12.7. The fraction of sp³-hybridized carbons (Fsp3) is 0.696.